The number of rotatable bonds is 6. The van der Waals surface area contributed by atoms with Crippen LogP contribution in [0.5, 0.6) is 0 Å². The maximum atomic E-state index is 13.0. The molecule has 0 saturated carbocycles. The fourth-order valence-electron chi connectivity index (χ4n) is 1.71. The highest BCUT2D eigenvalue weighted by Crippen LogP contribution is 2.33. The van der Waals surface area contributed by atoms with Gasteiger partial charge in [-0.15, -0.1) is 0 Å². The van der Waals surface area contributed by atoms with Gasteiger partial charge in [0.15, 0.2) is 0 Å². The molecule has 6 heteroatoms. The second-order valence-corrected chi connectivity index (χ2v) is 4.72. The van der Waals surface area contributed by atoms with Crippen LogP contribution in [0.3, 0.4) is 0 Å². The molecule has 0 aromatic heterocycles. The Kier molecular flexibility index (Phi) is 4.80. The number of halogens is 2. The lowest BCUT2D eigenvalue weighted by Crippen LogP contribution is -2.33. The lowest BCUT2D eigenvalue weighted by Gasteiger charge is -2.30. The van der Waals surface area contributed by atoms with Gasteiger partial charge in [0, 0.05) is 28.9 Å². The number of benzene rings is 1. The summed E-state index contributed by atoms with van der Waals surface area (Å²) in [6.45, 7) is 5.86. The van der Waals surface area contributed by atoms with Gasteiger partial charge >= 0.3 is 0 Å². The number of nitrogens with one attached hydrogen (secondary N) is 1. The standard InChI is InChI=1S/C13H18F2N2O2/c1-4-13(3,5-2)16-11-7-6-9(17(18)19)8-10(11)12(14)15/h6-8,12,16H,4-5H2,1-3H3. The van der Waals surface area contributed by atoms with Crippen molar-refractivity contribution < 1.29 is 13.7 Å². The summed E-state index contributed by atoms with van der Waals surface area (Å²) < 4.78 is 26.0. The van der Waals surface area contributed by atoms with E-state index in [0.717, 1.165) is 18.9 Å². The molecular formula is C13H18F2N2O2. The molecular weight excluding hydrogens is 254 g/mol. The Labute approximate surface area is 111 Å². The first kappa shape index (κ1) is 15.3. The van der Waals surface area contributed by atoms with Gasteiger partial charge < -0.3 is 5.32 Å². The summed E-state index contributed by atoms with van der Waals surface area (Å²) in [6.07, 6.45) is -1.22. The van der Waals surface area contributed by atoms with Crippen LogP contribution < -0.4 is 5.32 Å². The van der Waals surface area contributed by atoms with Crippen molar-refractivity contribution in [3.8, 4) is 0 Å². The van der Waals surface area contributed by atoms with E-state index in [0.29, 0.717) is 0 Å². The van der Waals surface area contributed by atoms with Crippen LogP contribution in [-0.4, -0.2) is 10.5 Å². The molecule has 1 rings (SSSR count). The van der Waals surface area contributed by atoms with Crippen molar-refractivity contribution in [2.75, 3.05) is 5.32 Å². The fourth-order valence-corrected chi connectivity index (χ4v) is 1.71. The minimum atomic E-state index is -2.75. The Bertz CT molecular complexity index is 460. The Balaban J connectivity index is 3.17. The number of hydrogen-bond acceptors (Lipinski definition) is 3. The normalized spacial score (nSPS) is 11.7. The van der Waals surface area contributed by atoms with Crippen LogP contribution in [0.2, 0.25) is 0 Å². The molecule has 19 heavy (non-hydrogen) atoms. The molecule has 0 fully saturated rings. The zero-order valence-electron chi connectivity index (χ0n) is 11.2. The van der Waals surface area contributed by atoms with E-state index in [4.69, 9.17) is 0 Å². The van der Waals surface area contributed by atoms with Crippen LogP contribution in [0, 0.1) is 10.1 Å². The number of non-ortho nitro benzene ring substituents is 1. The summed E-state index contributed by atoms with van der Waals surface area (Å²) in [5.74, 6) is 0. The van der Waals surface area contributed by atoms with Crippen molar-refractivity contribution in [3.63, 3.8) is 0 Å². The summed E-state index contributed by atoms with van der Waals surface area (Å²) in [5.41, 5.74) is -0.704. The van der Waals surface area contributed by atoms with Gasteiger partial charge in [0.05, 0.1) is 4.92 Å². The Hall–Kier alpha value is -1.72. The Morgan fingerprint density at radius 1 is 1.37 bits per heavy atom. The van der Waals surface area contributed by atoms with E-state index in [1.54, 1.807) is 0 Å². The van der Waals surface area contributed by atoms with Crippen molar-refractivity contribution in [1.82, 2.24) is 0 Å². The van der Waals surface area contributed by atoms with Gasteiger partial charge in [-0.1, -0.05) is 13.8 Å². The molecule has 106 valence electrons. The third-order valence-electron chi connectivity index (χ3n) is 3.48. The number of anilines is 1. The van der Waals surface area contributed by atoms with Crippen LogP contribution in [-0.2, 0) is 0 Å². The van der Waals surface area contributed by atoms with Gasteiger partial charge in [-0.3, -0.25) is 10.1 Å². The van der Waals surface area contributed by atoms with Gasteiger partial charge in [-0.05, 0) is 25.8 Å². The molecule has 0 heterocycles. The summed E-state index contributed by atoms with van der Waals surface area (Å²) >= 11 is 0. The van der Waals surface area contributed by atoms with Gasteiger partial charge in [-0.25, -0.2) is 8.78 Å². The maximum absolute atomic E-state index is 13.0. The van der Waals surface area contributed by atoms with E-state index >= 15 is 0 Å². The van der Waals surface area contributed by atoms with E-state index in [2.05, 4.69) is 5.32 Å². The highest BCUT2D eigenvalue weighted by molar-refractivity contribution is 5.57. The second-order valence-electron chi connectivity index (χ2n) is 4.72. The fraction of sp³-hybridized carbons (Fsp3) is 0.538. The predicted molar refractivity (Wildman–Crippen MR) is 70.7 cm³/mol. The lowest BCUT2D eigenvalue weighted by molar-refractivity contribution is -0.385. The van der Waals surface area contributed by atoms with Crippen LogP contribution in [0.4, 0.5) is 20.2 Å². The van der Waals surface area contributed by atoms with Crippen molar-refractivity contribution in [3.05, 3.63) is 33.9 Å². The topological polar surface area (TPSA) is 55.2 Å². The van der Waals surface area contributed by atoms with Gasteiger partial charge in [-0.2, -0.15) is 0 Å². The van der Waals surface area contributed by atoms with Gasteiger partial charge in [0.25, 0.3) is 12.1 Å². The third-order valence-corrected chi connectivity index (χ3v) is 3.48. The molecule has 1 aromatic carbocycles. The van der Waals surface area contributed by atoms with Crippen LogP contribution in [0.15, 0.2) is 18.2 Å². The van der Waals surface area contributed by atoms with Crippen LogP contribution in [0.1, 0.15) is 45.6 Å². The van der Waals surface area contributed by atoms with Crippen molar-refractivity contribution >= 4 is 11.4 Å². The third kappa shape index (κ3) is 3.62. The minimum absolute atomic E-state index is 0.256. The summed E-state index contributed by atoms with van der Waals surface area (Å²) in [4.78, 5) is 9.95. The highest BCUT2D eigenvalue weighted by Gasteiger charge is 2.24. The van der Waals surface area contributed by atoms with E-state index in [-0.39, 0.29) is 22.5 Å². The minimum Gasteiger partial charge on any atom is -0.380 e. The van der Waals surface area contributed by atoms with E-state index in [1.807, 2.05) is 20.8 Å². The number of alkyl halides is 2. The average Bonchev–Trinajstić information content (AvgIpc) is 2.38. The molecule has 0 unspecified atom stereocenters. The molecule has 1 aromatic rings. The summed E-state index contributed by atoms with van der Waals surface area (Å²) in [5, 5.41) is 13.7. The van der Waals surface area contributed by atoms with Crippen molar-refractivity contribution in [2.24, 2.45) is 0 Å². The first-order valence-corrected chi connectivity index (χ1v) is 6.17. The SMILES string of the molecule is CCC(C)(CC)Nc1ccc([N+](=O)[O-])cc1C(F)F. The number of nitro benzene ring substituents is 1. The molecule has 0 atom stereocenters. The zero-order chi connectivity index (χ0) is 14.6. The number of nitro groups is 1. The second kappa shape index (κ2) is 5.95. The largest absolute Gasteiger partial charge is 0.380 e. The molecule has 0 aliphatic rings. The van der Waals surface area contributed by atoms with Crippen LogP contribution in [0.25, 0.3) is 0 Å². The zero-order valence-corrected chi connectivity index (χ0v) is 11.2. The van der Waals surface area contributed by atoms with Crippen molar-refractivity contribution in [1.29, 1.82) is 0 Å². The predicted octanol–water partition coefficient (Wildman–Crippen LogP) is 4.52. The summed E-state index contributed by atoms with van der Waals surface area (Å²) in [6, 6.07) is 3.52. The molecule has 0 radical (unpaired) electrons. The molecule has 0 spiro atoms. The lowest BCUT2D eigenvalue weighted by atomic mass is 9.94. The monoisotopic (exact) mass is 272 g/mol. The average molecular weight is 272 g/mol. The molecule has 1 N–H and O–H groups in total. The quantitative estimate of drug-likeness (QED) is 0.611. The Morgan fingerprint density at radius 2 is 1.95 bits per heavy atom. The van der Waals surface area contributed by atoms with E-state index in [9.17, 15) is 18.9 Å². The summed E-state index contributed by atoms with van der Waals surface area (Å²) in [7, 11) is 0. The first-order chi connectivity index (χ1) is 8.83. The van der Waals surface area contributed by atoms with E-state index < -0.39 is 11.3 Å². The van der Waals surface area contributed by atoms with Crippen molar-refractivity contribution in [2.45, 2.75) is 45.6 Å². The van der Waals surface area contributed by atoms with Crippen LogP contribution >= 0.6 is 0 Å². The first-order valence-electron chi connectivity index (χ1n) is 6.17. The number of hydrogen-bond donors (Lipinski definition) is 1. The molecule has 0 aliphatic carbocycles. The molecule has 4 nitrogen and oxygen atoms in total. The molecule has 0 aliphatic heterocycles. The molecule has 0 saturated heterocycles. The maximum Gasteiger partial charge on any atom is 0.270 e. The van der Waals surface area contributed by atoms with Gasteiger partial charge in [0.2, 0.25) is 0 Å². The Morgan fingerprint density at radius 3 is 2.37 bits per heavy atom. The highest BCUT2D eigenvalue weighted by atomic mass is 19.3. The molecule has 0 bridgehead atoms. The van der Waals surface area contributed by atoms with E-state index in [1.165, 1.54) is 12.1 Å². The number of nitrogens with zero attached hydrogens (tertiary/aromatic N) is 1. The van der Waals surface area contributed by atoms with Gasteiger partial charge in [0.1, 0.15) is 0 Å². The smallest absolute Gasteiger partial charge is 0.270 e. The molecule has 0 amide bonds.